The Hall–Kier alpha value is -1.69. The number of hydrogen-bond acceptors (Lipinski definition) is 4. The molecule has 2 aromatic carbocycles. The molecule has 0 unspecified atom stereocenters. The van der Waals surface area contributed by atoms with Gasteiger partial charge in [0.25, 0.3) is 5.91 Å². The van der Waals surface area contributed by atoms with Crippen molar-refractivity contribution in [3.05, 3.63) is 71.8 Å². The molecule has 0 aromatic heterocycles. The van der Waals surface area contributed by atoms with E-state index in [9.17, 15) is 4.79 Å². The Labute approximate surface area is 146 Å². The molecule has 0 bridgehead atoms. The van der Waals surface area contributed by atoms with Crippen molar-refractivity contribution in [3.8, 4) is 0 Å². The molecule has 0 spiro atoms. The molecular formula is C18H18N2OS2. The summed E-state index contributed by atoms with van der Waals surface area (Å²) in [5, 5.41) is 3.36. The lowest BCUT2D eigenvalue weighted by Gasteiger charge is -2.44. The summed E-state index contributed by atoms with van der Waals surface area (Å²) >= 11 is 6.96. The fourth-order valence-electron chi connectivity index (χ4n) is 2.93. The van der Waals surface area contributed by atoms with E-state index in [0.29, 0.717) is 10.1 Å². The lowest BCUT2D eigenvalue weighted by atomic mass is 9.75. The summed E-state index contributed by atoms with van der Waals surface area (Å²) < 4.78 is 0.600. The Bertz CT molecular complexity index is 677. The maximum Gasteiger partial charge on any atom is 0.258 e. The van der Waals surface area contributed by atoms with Crippen LogP contribution in [0.4, 0.5) is 0 Å². The molecule has 3 nitrogen and oxygen atoms in total. The van der Waals surface area contributed by atoms with Gasteiger partial charge in [-0.25, -0.2) is 10.0 Å². The van der Waals surface area contributed by atoms with Gasteiger partial charge in [0.05, 0.1) is 0 Å². The fourth-order valence-corrected chi connectivity index (χ4v) is 4.52. The molecule has 118 valence electrons. The van der Waals surface area contributed by atoms with Crippen molar-refractivity contribution in [1.29, 1.82) is 0 Å². The minimum absolute atomic E-state index is 0.00338. The van der Waals surface area contributed by atoms with E-state index in [1.807, 2.05) is 74.8 Å². The van der Waals surface area contributed by atoms with E-state index >= 15 is 0 Å². The molecule has 1 aliphatic heterocycles. The van der Waals surface area contributed by atoms with E-state index in [-0.39, 0.29) is 5.91 Å². The van der Waals surface area contributed by atoms with Crippen LogP contribution in [-0.4, -0.2) is 40.1 Å². The largest absolute Gasteiger partial charge is 0.272 e. The van der Waals surface area contributed by atoms with E-state index in [1.54, 1.807) is 21.8 Å². The van der Waals surface area contributed by atoms with Gasteiger partial charge >= 0.3 is 0 Å². The Morgan fingerprint density at radius 1 is 1.00 bits per heavy atom. The van der Waals surface area contributed by atoms with Gasteiger partial charge in [0.15, 0.2) is 4.32 Å². The normalized spacial score (nSPS) is 17.6. The first-order valence-electron chi connectivity index (χ1n) is 7.37. The summed E-state index contributed by atoms with van der Waals surface area (Å²) in [6.45, 7) is 0. The second-order valence-corrected chi connectivity index (χ2v) is 7.27. The maximum absolute atomic E-state index is 13.5. The number of hydrogen-bond donors (Lipinski definition) is 0. The van der Waals surface area contributed by atoms with Crippen LogP contribution in [-0.2, 0) is 10.2 Å². The first-order valence-corrected chi connectivity index (χ1v) is 8.76. The Kier molecular flexibility index (Phi) is 4.53. The SMILES string of the molecule is CN(C)N1C(=O)C(c2ccccc2)(c2ccccc2)CSC1=S. The molecular weight excluding hydrogens is 324 g/mol. The summed E-state index contributed by atoms with van der Waals surface area (Å²) in [5.74, 6) is 0.618. The molecule has 3 rings (SSSR count). The van der Waals surface area contributed by atoms with Crippen molar-refractivity contribution in [2.75, 3.05) is 19.8 Å². The fraction of sp³-hybridized carbons (Fsp3) is 0.222. The van der Waals surface area contributed by atoms with Crippen molar-refractivity contribution in [2.24, 2.45) is 0 Å². The van der Waals surface area contributed by atoms with Crippen molar-refractivity contribution in [2.45, 2.75) is 5.41 Å². The summed E-state index contributed by atoms with van der Waals surface area (Å²) in [6, 6.07) is 19.9. The van der Waals surface area contributed by atoms with Gasteiger partial charge in [-0.15, -0.1) is 0 Å². The number of nitrogens with zero attached hydrogens (tertiary/aromatic N) is 2. The number of carbonyl (C=O) groups is 1. The number of hydrazine groups is 1. The highest BCUT2D eigenvalue weighted by Gasteiger charge is 2.49. The minimum atomic E-state index is -0.722. The minimum Gasteiger partial charge on any atom is -0.272 e. The molecule has 23 heavy (non-hydrogen) atoms. The predicted octanol–water partition coefficient (Wildman–Crippen LogP) is 3.31. The Balaban J connectivity index is 2.21. The topological polar surface area (TPSA) is 23.6 Å². The van der Waals surface area contributed by atoms with Gasteiger partial charge in [0, 0.05) is 19.8 Å². The molecule has 0 atom stereocenters. The van der Waals surface area contributed by atoms with Gasteiger partial charge in [-0.3, -0.25) is 4.79 Å². The van der Waals surface area contributed by atoms with Crippen LogP contribution in [0, 0.1) is 0 Å². The smallest absolute Gasteiger partial charge is 0.258 e. The van der Waals surface area contributed by atoms with Crippen LogP contribution in [0.25, 0.3) is 0 Å². The van der Waals surface area contributed by atoms with Crippen LogP contribution in [0.3, 0.4) is 0 Å². The summed E-state index contributed by atoms with van der Waals surface area (Å²) in [4.78, 5) is 13.5. The molecule has 0 aliphatic carbocycles. The lowest BCUT2D eigenvalue weighted by Crippen LogP contribution is -2.58. The maximum atomic E-state index is 13.5. The summed E-state index contributed by atoms with van der Waals surface area (Å²) in [5.41, 5.74) is 1.27. The number of rotatable bonds is 3. The molecule has 1 fully saturated rings. The van der Waals surface area contributed by atoms with Crippen LogP contribution in [0.15, 0.2) is 60.7 Å². The molecule has 0 saturated carbocycles. The van der Waals surface area contributed by atoms with Gasteiger partial charge in [-0.1, -0.05) is 84.6 Å². The van der Waals surface area contributed by atoms with E-state index in [1.165, 1.54) is 0 Å². The lowest BCUT2D eigenvalue weighted by molar-refractivity contribution is -0.140. The van der Waals surface area contributed by atoms with E-state index < -0.39 is 5.41 Å². The molecule has 1 heterocycles. The number of benzene rings is 2. The number of carbonyl (C=O) groups excluding carboxylic acids is 1. The second kappa shape index (κ2) is 6.43. The van der Waals surface area contributed by atoms with Crippen molar-refractivity contribution in [1.82, 2.24) is 10.0 Å². The molecule has 1 aliphatic rings. The van der Waals surface area contributed by atoms with Crippen molar-refractivity contribution < 1.29 is 4.79 Å². The molecule has 1 saturated heterocycles. The zero-order valence-electron chi connectivity index (χ0n) is 13.1. The van der Waals surface area contributed by atoms with E-state index in [4.69, 9.17) is 12.2 Å². The molecule has 1 amide bonds. The van der Waals surface area contributed by atoms with Crippen LogP contribution in [0.1, 0.15) is 11.1 Å². The van der Waals surface area contributed by atoms with E-state index in [0.717, 1.165) is 11.1 Å². The van der Waals surface area contributed by atoms with Crippen LogP contribution in [0.5, 0.6) is 0 Å². The highest BCUT2D eigenvalue weighted by Crippen LogP contribution is 2.42. The second-order valence-electron chi connectivity index (χ2n) is 5.66. The summed E-state index contributed by atoms with van der Waals surface area (Å²) in [6.07, 6.45) is 0. The average molecular weight is 342 g/mol. The predicted molar refractivity (Wildman–Crippen MR) is 99.3 cm³/mol. The monoisotopic (exact) mass is 342 g/mol. The molecule has 0 N–H and O–H groups in total. The van der Waals surface area contributed by atoms with Gasteiger partial charge in [0.2, 0.25) is 0 Å². The highest BCUT2D eigenvalue weighted by atomic mass is 32.2. The van der Waals surface area contributed by atoms with Crippen LogP contribution < -0.4 is 0 Å². The van der Waals surface area contributed by atoms with Gasteiger partial charge in [0.1, 0.15) is 5.41 Å². The number of thioether (sulfide) groups is 1. The van der Waals surface area contributed by atoms with Crippen molar-refractivity contribution >= 4 is 34.2 Å². The molecule has 2 aromatic rings. The average Bonchev–Trinajstić information content (AvgIpc) is 2.57. The standard InChI is InChI=1S/C18H18N2OS2/c1-19(2)20-16(21)18(13-23-17(20)22,14-9-5-3-6-10-14)15-11-7-4-8-12-15/h3-12H,13H2,1-2H3. The van der Waals surface area contributed by atoms with Crippen LogP contribution >= 0.6 is 24.0 Å². The van der Waals surface area contributed by atoms with E-state index in [2.05, 4.69) is 0 Å². The highest BCUT2D eigenvalue weighted by molar-refractivity contribution is 8.23. The summed E-state index contributed by atoms with van der Waals surface area (Å²) in [7, 11) is 3.69. The van der Waals surface area contributed by atoms with Gasteiger partial charge < -0.3 is 0 Å². The van der Waals surface area contributed by atoms with Gasteiger partial charge in [-0.05, 0) is 11.1 Å². The number of thiocarbonyl (C=S) groups is 1. The third kappa shape index (κ3) is 2.69. The number of amides is 1. The zero-order chi connectivity index (χ0) is 16.4. The Morgan fingerprint density at radius 3 is 1.91 bits per heavy atom. The molecule has 5 heteroatoms. The van der Waals surface area contributed by atoms with Gasteiger partial charge in [-0.2, -0.15) is 0 Å². The first kappa shape index (κ1) is 16.2. The van der Waals surface area contributed by atoms with Crippen LogP contribution in [0.2, 0.25) is 0 Å². The third-order valence-corrected chi connectivity index (χ3v) is 5.60. The zero-order valence-corrected chi connectivity index (χ0v) is 14.7. The Morgan fingerprint density at radius 2 is 1.48 bits per heavy atom. The molecule has 0 radical (unpaired) electrons. The van der Waals surface area contributed by atoms with Crippen molar-refractivity contribution in [3.63, 3.8) is 0 Å². The quantitative estimate of drug-likeness (QED) is 0.799. The first-order chi connectivity index (χ1) is 11.1. The third-order valence-electron chi connectivity index (χ3n) is 4.08.